The van der Waals surface area contributed by atoms with Gasteiger partial charge in [-0.3, -0.25) is 4.79 Å². The normalized spacial score (nSPS) is 15.4. The van der Waals surface area contributed by atoms with Gasteiger partial charge in [-0.1, -0.05) is 41.9 Å². The van der Waals surface area contributed by atoms with E-state index in [1.54, 1.807) is 28.9 Å². The highest BCUT2D eigenvalue weighted by Gasteiger charge is 2.34. The van der Waals surface area contributed by atoms with E-state index in [1.807, 2.05) is 37.3 Å². The molecule has 7 heteroatoms. The zero-order valence-electron chi connectivity index (χ0n) is 15.0. The Morgan fingerprint density at radius 3 is 2.61 bits per heavy atom. The van der Waals surface area contributed by atoms with Gasteiger partial charge in [0.05, 0.1) is 11.8 Å². The van der Waals surface area contributed by atoms with Crippen LogP contribution in [0.1, 0.15) is 24.1 Å². The molecule has 2 N–H and O–H groups in total. The molecule has 0 radical (unpaired) electrons. The Labute approximate surface area is 167 Å². The lowest BCUT2D eigenvalue weighted by Crippen LogP contribution is -2.31. The number of hydrogen-bond donors (Lipinski definition) is 2. The molecule has 1 aromatic heterocycles. The molecular formula is C21H16ClN5O. The molecule has 138 valence electrons. The van der Waals surface area contributed by atoms with E-state index >= 15 is 0 Å². The summed E-state index contributed by atoms with van der Waals surface area (Å²) >= 11 is 5.93. The summed E-state index contributed by atoms with van der Waals surface area (Å²) < 4.78 is 1.68. The number of halogens is 1. The molecule has 1 atom stereocenters. The predicted octanol–water partition coefficient (Wildman–Crippen LogP) is 4.34. The number of allylic oxidation sites excluding steroid dienone is 1. The van der Waals surface area contributed by atoms with Gasteiger partial charge in [-0.15, -0.1) is 0 Å². The smallest absolute Gasteiger partial charge is 0.255 e. The van der Waals surface area contributed by atoms with Crippen molar-refractivity contribution in [2.24, 2.45) is 0 Å². The molecule has 1 unspecified atom stereocenters. The molecule has 0 aliphatic carbocycles. The molecule has 0 saturated carbocycles. The monoisotopic (exact) mass is 389 g/mol. The van der Waals surface area contributed by atoms with Gasteiger partial charge in [-0.25, -0.2) is 4.68 Å². The molecule has 3 aromatic rings. The average Bonchev–Trinajstić information content (AvgIpc) is 3.11. The Morgan fingerprint density at radius 1 is 1.21 bits per heavy atom. The predicted molar refractivity (Wildman–Crippen MR) is 108 cm³/mol. The maximum absolute atomic E-state index is 13.2. The summed E-state index contributed by atoms with van der Waals surface area (Å²) in [6, 6.07) is 18.2. The summed E-state index contributed by atoms with van der Waals surface area (Å²) in [6.45, 7) is 1.82. The van der Waals surface area contributed by atoms with E-state index in [4.69, 9.17) is 11.6 Å². The maximum Gasteiger partial charge on any atom is 0.255 e. The molecule has 28 heavy (non-hydrogen) atoms. The van der Waals surface area contributed by atoms with E-state index in [1.165, 1.54) is 6.20 Å². The van der Waals surface area contributed by atoms with E-state index < -0.39 is 6.04 Å². The fourth-order valence-corrected chi connectivity index (χ4v) is 3.43. The molecule has 2 heterocycles. The molecule has 4 rings (SSSR count). The lowest BCUT2D eigenvalue weighted by molar-refractivity contribution is -0.113. The van der Waals surface area contributed by atoms with Gasteiger partial charge in [-0.05, 0) is 36.8 Å². The van der Waals surface area contributed by atoms with Crippen LogP contribution in [0.15, 0.2) is 72.1 Å². The van der Waals surface area contributed by atoms with Crippen LogP contribution in [0.5, 0.6) is 0 Å². The molecule has 1 amide bonds. The van der Waals surface area contributed by atoms with Crippen molar-refractivity contribution >= 4 is 29.0 Å². The first-order chi connectivity index (χ1) is 13.6. The first kappa shape index (κ1) is 17.8. The molecule has 0 fully saturated rings. The molecule has 0 spiro atoms. The second-order valence-electron chi connectivity index (χ2n) is 6.40. The fraction of sp³-hybridized carbons (Fsp3) is 0.0952. The van der Waals surface area contributed by atoms with Gasteiger partial charge >= 0.3 is 0 Å². The van der Waals surface area contributed by atoms with Crippen molar-refractivity contribution in [1.29, 1.82) is 5.26 Å². The van der Waals surface area contributed by atoms with Crippen LogP contribution in [0.3, 0.4) is 0 Å². The number of carbonyl (C=O) groups excluding carboxylic acids is 1. The number of fused-ring (bicyclic) bond motifs is 1. The molecule has 1 aliphatic heterocycles. The van der Waals surface area contributed by atoms with E-state index in [2.05, 4.69) is 21.8 Å². The Bertz CT molecular complexity index is 1110. The quantitative estimate of drug-likeness (QED) is 0.698. The summed E-state index contributed by atoms with van der Waals surface area (Å²) in [7, 11) is 0. The Hall–Kier alpha value is -3.56. The van der Waals surface area contributed by atoms with Crippen molar-refractivity contribution in [2.75, 3.05) is 10.6 Å². The summed E-state index contributed by atoms with van der Waals surface area (Å²) in [5.41, 5.74) is 3.17. The van der Waals surface area contributed by atoms with Crippen molar-refractivity contribution in [2.45, 2.75) is 13.0 Å². The van der Waals surface area contributed by atoms with Gasteiger partial charge in [0.15, 0.2) is 0 Å². The molecule has 2 aromatic carbocycles. The number of nitrogens with zero attached hydrogens (tertiary/aromatic N) is 3. The van der Waals surface area contributed by atoms with Crippen LogP contribution >= 0.6 is 11.6 Å². The topological polar surface area (TPSA) is 82.7 Å². The van der Waals surface area contributed by atoms with Crippen molar-refractivity contribution in [3.63, 3.8) is 0 Å². The minimum Gasteiger partial charge on any atom is -0.343 e. The van der Waals surface area contributed by atoms with Gasteiger partial charge < -0.3 is 10.6 Å². The van der Waals surface area contributed by atoms with Crippen LogP contribution in [0.4, 0.5) is 11.5 Å². The number of carbonyl (C=O) groups is 1. The van der Waals surface area contributed by atoms with Gasteiger partial charge in [0.2, 0.25) is 0 Å². The molecule has 6 nitrogen and oxygen atoms in total. The van der Waals surface area contributed by atoms with Crippen LogP contribution in [-0.2, 0) is 4.79 Å². The fourth-order valence-electron chi connectivity index (χ4n) is 3.31. The maximum atomic E-state index is 13.2. The lowest BCUT2D eigenvalue weighted by atomic mass is 9.94. The summed E-state index contributed by atoms with van der Waals surface area (Å²) in [5.74, 6) is 0.331. The molecular weight excluding hydrogens is 374 g/mol. The number of benzene rings is 2. The Morgan fingerprint density at radius 2 is 1.93 bits per heavy atom. The van der Waals surface area contributed by atoms with Gasteiger partial charge in [-0.2, -0.15) is 10.4 Å². The van der Waals surface area contributed by atoms with Crippen molar-refractivity contribution in [1.82, 2.24) is 9.78 Å². The Kier molecular flexibility index (Phi) is 4.60. The Balaban J connectivity index is 1.78. The summed E-state index contributed by atoms with van der Waals surface area (Å²) in [4.78, 5) is 13.2. The second kappa shape index (κ2) is 7.22. The number of nitriles is 1. The van der Waals surface area contributed by atoms with E-state index in [-0.39, 0.29) is 5.91 Å². The number of aromatic nitrogens is 2. The first-order valence-corrected chi connectivity index (χ1v) is 9.03. The zero-order chi connectivity index (χ0) is 19.7. The number of amides is 1. The van der Waals surface area contributed by atoms with Crippen LogP contribution in [0.2, 0.25) is 5.02 Å². The third-order valence-corrected chi connectivity index (χ3v) is 4.86. The number of nitrogens with one attached hydrogen (secondary N) is 2. The minimum atomic E-state index is -0.452. The van der Waals surface area contributed by atoms with E-state index in [0.717, 1.165) is 5.56 Å². The molecule has 0 saturated heterocycles. The highest BCUT2D eigenvalue weighted by atomic mass is 35.5. The molecule has 0 bridgehead atoms. The highest BCUT2D eigenvalue weighted by molar-refractivity contribution is 6.30. The number of rotatable bonds is 3. The minimum absolute atomic E-state index is 0.249. The number of hydrogen-bond acceptors (Lipinski definition) is 4. The molecule has 1 aliphatic rings. The van der Waals surface area contributed by atoms with Crippen molar-refractivity contribution < 1.29 is 4.79 Å². The number of anilines is 2. The van der Waals surface area contributed by atoms with Crippen molar-refractivity contribution in [3.05, 3.63) is 88.2 Å². The van der Waals surface area contributed by atoms with Crippen LogP contribution in [0, 0.1) is 11.3 Å². The SMILES string of the molecule is CC1=C(C(=O)Nc2ccc(Cl)cc2)C(c2ccccc2)n2ncc(C#N)c2N1. The van der Waals surface area contributed by atoms with E-state index in [0.29, 0.717) is 33.4 Å². The van der Waals surface area contributed by atoms with Crippen LogP contribution in [0.25, 0.3) is 0 Å². The van der Waals surface area contributed by atoms with E-state index in [9.17, 15) is 10.1 Å². The summed E-state index contributed by atoms with van der Waals surface area (Å²) in [6.07, 6.45) is 1.51. The van der Waals surface area contributed by atoms with Crippen LogP contribution in [-0.4, -0.2) is 15.7 Å². The average molecular weight is 390 g/mol. The largest absolute Gasteiger partial charge is 0.343 e. The zero-order valence-corrected chi connectivity index (χ0v) is 15.7. The van der Waals surface area contributed by atoms with Gasteiger partial charge in [0.25, 0.3) is 5.91 Å². The third-order valence-electron chi connectivity index (χ3n) is 4.61. The lowest BCUT2D eigenvalue weighted by Gasteiger charge is -2.30. The van der Waals surface area contributed by atoms with Crippen molar-refractivity contribution in [3.8, 4) is 6.07 Å². The van der Waals surface area contributed by atoms with Gasteiger partial charge in [0, 0.05) is 16.4 Å². The van der Waals surface area contributed by atoms with Gasteiger partial charge in [0.1, 0.15) is 23.5 Å². The summed E-state index contributed by atoms with van der Waals surface area (Å²) in [5, 5.41) is 20.4. The highest BCUT2D eigenvalue weighted by Crippen LogP contribution is 2.37. The second-order valence-corrected chi connectivity index (χ2v) is 6.84. The third kappa shape index (κ3) is 3.13. The van der Waals surface area contributed by atoms with Crippen LogP contribution < -0.4 is 10.6 Å². The standard InChI is InChI=1S/C21H16ClN5O/c1-13-18(21(28)26-17-9-7-16(22)8-10-17)19(14-5-3-2-4-6-14)27-20(25-13)15(11-23)12-24-27/h2-10,12,19,25H,1H3,(H,26,28). The first-order valence-electron chi connectivity index (χ1n) is 8.65.